The highest BCUT2D eigenvalue weighted by Crippen LogP contribution is 1.96. The largest absolute Gasteiger partial charge is 0.456 e. The topological polar surface area (TPSA) is 26.0 Å². The number of rotatable bonds is 0. The summed E-state index contributed by atoms with van der Waals surface area (Å²) in [6.45, 7) is 0. The molecule has 0 fully saturated rings. The van der Waals surface area contributed by atoms with Crippen molar-refractivity contribution in [2.75, 3.05) is 0 Å². The summed E-state index contributed by atoms with van der Waals surface area (Å²) < 4.78 is 0. The molecule has 0 aliphatic carbocycles. The first-order chi connectivity index (χ1) is 1.73. The van der Waals surface area contributed by atoms with Gasteiger partial charge in [0, 0.05) is 0 Å². The van der Waals surface area contributed by atoms with Gasteiger partial charge in [0.2, 0.25) is 0 Å². The van der Waals surface area contributed by atoms with Crippen molar-refractivity contribution in [1.29, 1.82) is 0 Å². The molecule has 0 aromatic rings. The van der Waals surface area contributed by atoms with Gasteiger partial charge in [-0.15, -0.1) is 0 Å². The average Bonchev–Trinajstić information content (AvgIpc) is 0.811. The molecule has 0 saturated carbocycles. The first-order valence-electron chi connectivity index (χ1n) is 0.623. The molecule has 1 nitrogen and oxygen atoms in total. The van der Waals surface area contributed by atoms with Gasteiger partial charge in [-0.2, -0.15) is 5.50 Å². The van der Waals surface area contributed by atoms with Crippen molar-refractivity contribution in [2.45, 2.75) is 0 Å². The van der Waals surface area contributed by atoms with Gasteiger partial charge in [0.25, 0.3) is 0 Å². The highest BCUT2D eigenvalue weighted by atomic mass is 32.9. The summed E-state index contributed by atoms with van der Waals surface area (Å²) in [5.74, 6) is 0. The summed E-state index contributed by atoms with van der Waals surface area (Å²) >= 11 is 8.56. The van der Waals surface area contributed by atoms with Gasteiger partial charge in [-0.05, 0) is 0 Å². The third kappa shape index (κ3) is 13.8. The predicted molar refractivity (Wildman–Crippen MR) is 25.8 cm³/mol. The van der Waals surface area contributed by atoms with E-state index in [1.165, 1.54) is 0 Å². The van der Waals surface area contributed by atoms with Gasteiger partial charge in [0.15, 0.2) is 11.8 Å². The Morgan fingerprint density at radius 3 is 2.00 bits per heavy atom. The monoisotopic (exact) mass is 111 g/mol. The number of nitrogens with two attached hydrogens (primary N) is 1. The minimum atomic E-state index is -0.954. The van der Waals surface area contributed by atoms with Gasteiger partial charge in [-0.1, -0.05) is 0 Å². The summed E-state index contributed by atoms with van der Waals surface area (Å²) in [5, 5.41) is 0. The van der Waals surface area contributed by atoms with Crippen molar-refractivity contribution >= 4 is 30.1 Å². The molecule has 4 heavy (non-hydrogen) atoms. The van der Waals surface area contributed by atoms with E-state index < -0.39 is 6.05 Å². The lowest BCUT2D eigenvalue weighted by molar-refractivity contribution is 2.04. The van der Waals surface area contributed by atoms with E-state index in [-0.39, 0.29) is 0 Å². The van der Waals surface area contributed by atoms with Crippen molar-refractivity contribution in [3.05, 3.63) is 0 Å². The SMILES string of the molecule is N[P+](=S)[S-]. The van der Waals surface area contributed by atoms with Crippen LogP contribution in [-0.4, -0.2) is 0 Å². The molecule has 0 bridgehead atoms. The Hall–Kier alpha value is 0.830. The van der Waals surface area contributed by atoms with Crippen LogP contribution in [0.1, 0.15) is 0 Å². The van der Waals surface area contributed by atoms with Gasteiger partial charge >= 0.3 is 0 Å². The lowest BCUT2D eigenvalue weighted by Gasteiger charge is -1.66. The van der Waals surface area contributed by atoms with Crippen LogP contribution in [0.4, 0.5) is 0 Å². The maximum atomic E-state index is 4.81. The smallest absolute Gasteiger partial charge is 0.156 e. The maximum absolute atomic E-state index is 4.81. The van der Waals surface area contributed by atoms with Crippen LogP contribution in [-0.2, 0) is 24.1 Å². The Morgan fingerprint density at radius 1 is 2.00 bits per heavy atom. The Kier molecular flexibility index (Phi) is 2.52. The van der Waals surface area contributed by atoms with E-state index in [0.29, 0.717) is 0 Å². The molecule has 0 aromatic heterocycles. The van der Waals surface area contributed by atoms with Gasteiger partial charge in [0.05, 0.1) is 0 Å². The molecule has 2 N–H and O–H groups in total. The van der Waals surface area contributed by atoms with Crippen LogP contribution >= 0.6 is 6.05 Å². The van der Waals surface area contributed by atoms with Crippen LogP contribution in [0, 0.1) is 0 Å². The fourth-order valence-corrected chi connectivity index (χ4v) is 0. The zero-order valence-electron chi connectivity index (χ0n) is 1.84. The van der Waals surface area contributed by atoms with E-state index in [0.717, 1.165) is 0 Å². The zero-order valence-corrected chi connectivity index (χ0v) is 4.37. The van der Waals surface area contributed by atoms with Crippen molar-refractivity contribution in [3.63, 3.8) is 0 Å². The van der Waals surface area contributed by atoms with Crippen LogP contribution in [0.15, 0.2) is 0 Å². The van der Waals surface area contributed by atoms with E-state index in [1.807, 2.05) is 0 Å². The Bertz CT molecular complexity index is 29.0. The molecule has 0 heterocycles. The van der Waals surface area contributed by atoms with Gasteiger partial charge in [0.1, 0.15) is 6.05 Å². The van der Waals surface area contributed by atoms with E-state index in [1.54, 1.807) is 0 Å². The minimum Gasteiger partial charge on any atom is -0.456 e. The Morgan fingerprint density at radius 2 is 2.00 bits per heavy atom. The van der Waals surface area contributed by atoms with Crippen LogP contribution < -0.4 is 5.50 Å². The third-order valence-corrected chi connectivity index (χ3v) is 0. The standard InChI is InChI=1S/H2NPS2/c1-2(3)4/h(H2,1,3,4). The summed E-state index contributed by atoms with van der Waals surface area (Å²) in [4.78, 5) is 0. The van der Waals surface area contributed by atoms with Crippen molar-refractivity contribution in [2.24, 2.45) is 5.50 Å². The molecule has 0 saturated heterocycles. The second kappa shape index (κ2) is 2.09. The minimum absolute atomic E-state index is 0.954. The molecule has 1 atom stereocenters. The number of hydrogen-bond acceptors (Lipinski definition) is 2. The molecule has 24 valence electrons. The molecule has 0 rings (SSSR count). The van der Waals surface area contributed by atoms with E-state index in [2.05, 4.69) is 24.1 Å². The normalized spacial score (nSPS) is 11.0. The molecule has 0 spiro atoms. The second-order valence-corrected chi connectivity index (χ2v) is 3.91. The number of hydrogen-bond donors (Lipinski definition) is 1. The first kappa shape index (κ1) is 4.83. The van der Waals surface area contributed by atoms with Crippen LogP contribution in [0.25, 0.3) is 0 Å². The Balaban J connectivity index is 2.80. The molecule has 0 radical (unpaired) electrons. The lowest BCUT2D eigenvalue weighted by Crippen LogP contribution is -1.65. The third-order valence-electron chi connectivity index (χ3n) is 0. The molecule has 0 aliphatic heterocycles. The van der Waals surface area contributed by atoms with Crippen LogP contribution in [0.3, 0.4) is 0 Å². The molecule has 0 aliphatic rings. The van der Waals surface area contributed by atoms with Crippen LogP contribution in [0.5, 0.6) is 0 Å². The summed E-state index contributed by atoms with van der Waals surface area (Å²) in [5.41, 5.74) is 4.81. The average molecular weight is 111 g/mol. The fourth-order valence-electron chi connectivity index (χ4n) is 0. The Labute approximate surface area is 36.2 Å². The van der Waals surface area contributed by atoms with Crippen molar-refractivity contribution < 1.29 is 0 Å². The van der Waals surface area contributed by atoms with Crippen molar-refractivity contribution in [3.8, 4) is 0 Å². The highest BCUT2D eigenvalue weighted by molar-refractivity contribution is 8.46. The molecule has 1 unspecified atom stereocenters. The van der Waals surface area contributed by atoms with E-state index in [9.17, 15) is 0 Å². The zero-order chi connectivity index (χ0) is 3.58. The van der Waals surface area contributed by atoms with Crippen LogP contribution in [0.2, 0.25) is 0 Å². The molecule has 0 aromatic carbocycles. The quantitative estimate of drug-likeness (QED) is 0.359. The maximum Gasteiger partial charge on any atom is 0.156 e. The van der Waals surface area contributed by atoms with E-state index in [4.69, 9.17) is 5.50 Å². The highest BCUT2D eigenvalue weighted by Gasteiger charge is 1.56. The molecule has 0 amide bonds. The van der Waals surface area contributed by atoms with E-state index >= 15 is 0 Å². The predicted octanol–water partition coefficient (Wildman–Crippen LogP) is 0.266. The summed E-state index contributed by atoms with van der Waals surface area (Å²) in [6.07, 6.45) is 0. The molecular formula is H2NPS2. The van der Waals surface area contributed by atoms with Crippen molar-refractivity contribution in [1.82, 2.24) is 0 Å². The molecule has 4 heteroatoms. The summed E-state index contributed by atoms with van der Waals surface area (Å²) in [7, 11) is 0. The summed E-state index contributed by atoms with van der Waals surface area (Å²) in [6, 6.07) is -0.954. The first-order valence-corrected chi connectivity index (χ1v) is 4.06. The van der Waals surface area contributed by atoms with Gasteiger partial charge in [-0.25, -0.2) is 0 Å². The van der Waals surface area contributed by atoms with Gasteiger partial charge in [-0.3, -0.25) is 0 Å². The lowest BCUT2D eigenvalue weighted by atomic mass is 13.9. The molecular weight excluding hydrogens is 109 g/mol. The van der Waals surface area contributed by atoms with Gasteiger partial charge < -0.3 is 12.2 Å². The second-order valence-electron chi connectivity index (χ2n) is 0.285. The fraction of sp³-hybridized carbons (Fsp3) is 0.